The van der Waals surface area contributed by atoms with E-state index in [1.54, 1.807) is 0 Å². The lowest BCUT2D eigenvalue weighted by atomic mass is 9.83. The number of nitrogens with one attached hydrogen (secondary N) is 1. The van der Waals surface area contributed by atoms with Gasteiger partial charge in [0.25, 0.3) is 0 Å². The standard InChI is InChI=1S/C17H19NO/c1-2-4-15-13(3-1)5-6-14-7-8-17(19-16(14)15)9-11-18-12-10-17/h1-6,18H,7-12H2. The van der Waals surface area contributed by atoms with Crippen LogP contribution in [-0.2, 0) is 6.42 Å². The fraction of sp³-hybridized carbons (Fsp3) is 0.412. The molecule has 98 valence electrons. The Morgan fingerprint density at radius 1 is 0.947 bits per heavy atom. The predicted octanol–water partition coefficient (Wildman–Crippen LogP) is 3.29. The molecule has 2 heteroatoms. The molecule has 19 heavy (non-hydrogen) atoms. The summed E-state index contributed by atoms with van der Waals surface area (Å²) in [6.07, 6.45) is 4.59. The third-order valence-corrected chi connectivity index (χ3v) is 4.64. The maximum Gasteiger partial charge on any atom is 0.131 e. The van der Waals surface area contributed by atoms with E-state index >= 15 is 0 Å². The molecule has 0 amide bonds. The molecule has 0 aromatic heterocycles. The lowest BCUT2D eigenvalue weighted by Crippen LogP contribution is -2.48. The summed E-state index contributed by atoms with van der Waals surface area (Å²) in [5.74, 6) is 1.14. The van der Waals surface area contributed by atoms with Crippen LogP contribution in [0.2, 0.25) is 0 Å². The average Bonchev–Trinajstić information content (AvgIpc) is 2.48. The van der Waals surface area contributed by atoms with Gasteiger partial charge >= 0.3 is 0 Å². The first-order chi connectivity index (χ1) is 9.36. The molecular formula is C17H19NO. The second-order valence-electron chi connectivity index (χ2n) is 5.81. The Bertz CT molecular complexity index is 614. The van der Waals surface area contributed by atoms with Crippen LogP contribution in [0.3, 0.4) is 0 Å². The Morgan fingerprint density at radius 2 is 1.79 bits per heavy atom. The van der Waals surface area contributed by atoms with E-state index in [1.807, 2.05) is 0 Å². The van der Waals surface area contributed by atoms with Crippen LogP contribution in [-0.4, -0.2) is 18.7 Å². The average molecular weight is 253 g/mol. The number of ether oxygens (including phenoxy) is 1. The van der Waals surface area contributed by atoms with Crippen molar-refractivity contribution < 1.29 is 4.74 Å². The number of rotatable bonds is 0. The van der Waals surface area contributed by atoms with E-state index in [9.17, 15) is 0 Å². The van der Waals surface area contributed by atoms with Gasteiger partial charge in [0, 0.05) is 5.39 Å². The number of hydrogen-bond acceptors (Lipinski definition) is 2. The minimum absolute atomic E-state index is 0.0857. The number of piperidine rings is 1. The molecule has 2 aliphatic heterocycles. The van der Waals surface area contributed by atoms with E-state index in [0.29, 0.717) is 0 Å². The molecule has 4 rings (SSSR count). The fourth-order valence-electron chi connectivity index (χ4n) is 3.47. The molecule has 0 bridgehead atoms. The molecule has 1 saturated heterocycles. The normalized spacial score (nSPS) is 21.1. The van der Waals surface area contributed by atoms with E-state index in [4.69, 9.17) is 4.74 Å². The SMILES string of the molecule is c1ccc2c3c(ccc2c1)CCC1(CCNCC1)O3. The number of benzene rings is 2. The van der Waals surface area contributed by atoms with Crippen molar-refractivity contribution in [3.05, 3.63) is 42.0 Å². The molecule has 2 nitrogen and oxygen atoms in total. The zero-order valence-corrected chi connectivity index (χ0v) is 11.1. The van der Waals surface area contributed by atoms with E-state index in [1.165, 1.54) is 22.8 Å². The first-order valence-electron chi connectivity index (χ1n) is 7.27. The first kappa shape index (κ1) is 11.3. The first-order valence-corrected chi connectivity index (χ1v) is 7.27. The van der Waals surface area contributed by atoms with Crippen molar-refractivity contribution in [1.29, 1.82) is 0 Å². The van der Waals surface area contributed by atoms with Gasteiger partial charge in [0.05, 0.1) is 0 Å². The summed E-state index contributed by atoms with van der Waals surface area (Å²) in [5, 5.41) is 6.00. The van der Waals surface area contributed by atoms with E-state index < -0.39 is 0 Å². The van der Waals surface area contributed by atoms with E-state index in [-0.39, 0.29) is 5.60 Å². The zero-order chi connectivity index (χ0) is 12.7. The minimum Gasteiger partial charge on any atom is -0.486 e. The minimum atomic E-state index is 0.0857. The van der Waals surface area contributed by atoms with Gasteiger partial charge in [0.1, 0.15) is 11.4 Å². The summed E-state index contributed by atoms with van der Waals surface area (Å²) < 4.78 is 6.53. The maximum atomic E-state index is 6.53. The van der Waals surface area contributed by atoms with Gasteiger partial charge in [-0.05, 0) is 49.7 Å². The monoisotopic (exact) mass is 253 g/mol. The van der Waals surface area contributed by atoms with Gasteiger partial charge in [-0.25, -0.2) is 0 Å². The Hall–Kier alpha value is -1.54. The lowest BCUT2D eigenvalue weighted by Gasteiger charge is -2.42. The van der Waals surface area contributed by atoms with Crippen LogP contribution in [0.15, 0.2) is 36.4 Å². The lowest BCUT2D eigenvalue weighted by molar-refractivity contribution is 0.0186. The Kier molecular flexibility index (Phi) is 2.52. The van der Waals surface area contributed by atoms with Gasteiger partial charge < -0.3 is 10.1 Å². The van der Waals surface area contributed by atoms with Crippen molar-refractivity contribution in [2.45, 2.75) is 31.3 Å². The number of aryl methyl sites for hydroxylation is 1. The van der Waals surface area contributed by atoms with Crippen LogP contribution in [0.1, 0.15) is 24.8 Å². The molecule has 2 heterocycles. The molecule has 0 atom stereocenters. The highest BCUT2D eigenvalue weighted by molar-refractivity contribution is 5.89. The molecule has 0 unspecified atom stereocenters. The molecule has 0 aliphatic carbocycles. The molecule has 2 aromatic carbocycles. The van der Waals surface area contributed by atoms with Crippen LogP contribution in [0, 0.1) is 0 Å². The molecule has 0 radical (unpaired) electrons. The highest BCUT2D eigenvalue weighted by atomic mass is 16.5. The molecular weight excluding hydrogens is 234 g/mol. The van der Waals surface area contributed by atoms with Gasteiger partial charge in [-0.15, -0.1) is 0 Å². The highest BCUT2D eigenvalue weighted by Gasteiger charge is 2.37. The number of fused-ring (bicyclic) bond motifs is 3. The van der Waals surface area contributed by atoms with Gasteiger partial charge in [-0.1, -0.05) is 36.4 Å². The van der Waals surface area contributed by atoms with Crippen molar-refractivity contribution in [1.82, 2.24) is 5.32 Å². The van der Waals surface area contributed by atoms with E-state index in [2.05, 4.69) is 41.7 Å². The van der Waals surface area contributed by atoms with Crippen molar-refractivity contribution >= 4 is 10.8 Å². The van der Waals surface area contributed by atoms with Crippen LogP contribution >= 0.6 is 0 Å². The summed E-state index contributed by atoms with van der Waals surface area (Å²) in [6.45, 7) is 2.17. The second-order valence-corrected chi connectivity index (χ2v) is 5.81. The van der Waals surface area contributed by atoms with Crippen LogP contribution in [0.5, 0.6) is 5.75 Å². The van der Waals surface area contributed by atoms with Crippen LogP contribution in [0.4, 0.5) is 0 Å². The molecule has 1 N–H and O–H groups in total. The quantitative estimate of drug-likeness (QED) is 0.778. The van der Waals surface area contributed by atoms with Gasteiger partial charge in [0.2, 0.25) is 0 Å². The van der Waals surface area contributed by atoms with Gasteiger partial charge in [-0.2, -0.15) is 0 Å². The summed E-state index contributed by atoms with van der Waals surface area (Å²) >= 11 is 0. The number of hydrogen-bond donors (Lipinski definition) is 1. The topological polar surface area (TPSA) is 21.3 Å². The molecule has 2 aromatic rings. The van der Waals surface area contributed by atoms with Crippen LogP contribution < -0.4 is 10.1 Å². The van der Waals surface area contributed by atoms with Gasteiger partial charge in [0.15, 0.2) is 0 Å². The van der Waals surface area contributed by atoms with Crippen molar-refractivity contribution in [2.75, 3.05) is 13.1 Å². The third kappa shape index (κ3) is 1.82. The molecule has 1 fully saturated rings. The summed E-state index contributed by atoms with van der Waals surface area (Å²) in [4.78, 5) is 0. The predicted molar refractivity (Wildman–Crippen MR) is 77.7 cm³/mol. The summed E-state index contributed by atoms with van der Waals surface area (Å²) in [6, 6.07) is 13.0. The summed E-state index contributed by atoms with van der Waals surface area (Å²) in [7, 11) is 0. The molecule has 1 spiro atoms. The maximum absolute atomic E-state index is 6.53. The van der Waals surface area contributed by atoms with Crippen LogP contribution in [0.25, 0.3) is 10.8 Å². The van der Waals surface area contributed by atoms with Crippen molar-refractivity contribution in [3.63, 3.8) is 0 Å². The summed E-state index contributed by atoms with van der Waals surface area (Å²) in [5.41, 5.74) is 1.46. The largest absolute Gasteiger partial charge is 0.486 e. The smallest absolute Gasteiger partial charge is 0.131 e. The van der Waals surface area contributed by atoms with Crippen molar-refractivity contribution in [2.24, 2.45) is 0 Å². The zero-order valence-electron chi connectivity index (χ0n) is 11.1. The Balaban J connectivity index is 1.82. The Morgan fingerprint density at radius 3 is 2.68 bits per heavy atom. The fourth-order valence-corrected chi connectivity index (χ4v) is 3.47. The van der Waals surface area contributed by atoms with E-state index in [0.717, 1.165) is 38.1 Å². The Labute approximate surface area is 113 Å². The molecule has 2 aliphatic rings. The second kappa shape index (κ2) is 4.24. The highest BCUT2D eigenvalue weighted by Crippen LogP contribution is 2.41. The van der Waals surface area contributed by atoms with Gasteiger partial charge in [-0.3, -0.25) is 0 Å². The molecule has 0 saturated carbocycles. The van der Waals surface area contributed by atoms with Crippen molar-refractivity contribution in [3.8, 4) is 5.75 Å². The third-order valence-electron chi connectivity index (χ3n) is 4.64.